The van der Waals surface area contributed by atoms with Gasteiger partial charge in [0.2, 0.25) is 0 Å². The highest BCUT2D eigenvalue weighted by Gasteiger charge is 2.30. The Balaban J connectivity index is 1.56. The van der Waals surface area contributed by atoms with Gasteiger partial charge >= 0.3 is 0 Å². The highest BCUT2D eigenvalue weighted by molar-refractivity contribution is 5.59. The summed E-state index contributed by atoms with van der Waals surface area (Å²) in [7, 11) is 1.72. The summed E-state index contributed by atoms with van der Waals surface area (Å²) in [5.74, 6) is 1.45. The second-order valence-corrected chi connectivity index (χ2v) is 8.16. The van der Waals surface area contributed by atoms with Crippen molar-refractivity contribution in [3.05, 3.63) is 89.7 Å². The number of nitrogens with zero attached hydrogens (tertiary/aromatic N) is 2. The molecule has 1 aliphatic carbocycles. The third kappa shape index (κ3) is 5.08. The molecule has 3 aromatic rings. The van der Waals surface area contributed by atoms with Crippen molar-refractivity contribution in [3.63, 3.8) is 0 Å². The largest absolute Gasteiger partial charge is 0.493 e. The molecule has 1 fully saturated rings. The van der Waals surface area contributed by atoms with E-state index >= 15 is 0 Å². The van der Waals surface area contributed by atoms with Crippen molar-refractivity contribution in [2.75, 3.05) is 12.2 Å². The molecule has 0 saturated heterocycles. The maximum Gasteiger partial charge on any atom is 0.165 e. The molecule has 4 rings (SSSR count). The van der Waals surface area contributed by atoms with E-state index < -0.39 is 0 Å². The molecule has 0 spiro atoms. The molecule has 0 N–H and O–H groups in total. The van der Waals surface area contributed by atoms with Crippen LogP contribution in [0.2, 0.25) is 0 Å². The fourth-order valence-electron chi connectivity index (χ4n) is 4.59. The Morgan fingerprint density at radius 2 is 1.58 bits per heavy atom. The van der Waals surface area contributed by atoms with Gasteiger partial charge in [0.1, 0.15) is 5.69 Å². The van der Waals surface area contributed by atoms with Crippen LogP contribution in [0.15, 0.2) is 72.9 Å². The Morgan fingerprint density at radius 1 is 0.903 bits per heavy atom. The third-order valence-corrected chi connectivity index (χ3v) is 6.25. The molecule has 4 heteroatoms. The number of ether oxygens (including phenoxy) is 1. The molecule has 2 aromatic carbocycles. The molecule has 1 aromatic heterocycles. The average molecular weight is 417 g/mol. The number of rotatable bonds is 8. The molecular formula is C27H32N2O2. The third-order valence-electron chi connectivity index (χ3n) is 6.25. The zero-order valence-electron chi connectivity index (χ0n) is 18.5. The zero-order valence-corrected chi connectivity index (χ0v) is 18.5. The van der Waals surface area contributed by atoms with E-state index in [1.165, 1.54) is 5.56 Å². The Hall–Kier alpha value is -2.85. The Labute approximate surface area is 185 Å². The number of hydroxylamine groups is 1. The fourth-order valence-corrected chi connectivity index (χ4v) is 4.59. The monoisotopic (exact) mass is 416 g/mol. The minimum absolute atomic E-state index is 0.310. The Bertz CT molecular complexity index is 938. The first kappa shape index (κ1) is 21.4. The van der Waals surface area contributed by atoms with Crippen LogP contribution in [0.5, 0.6) is 5.75 Å². The van der Waals surface area contributed by atoms with Crippen LogP contribution in [-0.2, 0) is 17.9 Å². The smallest absolute Gasteiger partial charge is 0.165 e. The first-order valence-electron chi connectivity index (χ1n) is 11.3. The van der Waals surface area contributed by atoms with Crippen molar-refractivity contribution < 1.29 is 9.57 Å². The first-order valence-corrected chi connectivity index (χ1v) is 11.3. The van der Waals surface area contributed by atoms with Gasteiger partial charge < -0.3 is 4.74 Å². The summed E-state index contributed by atoms with van der Waals surface area (Å²) in [6, 6.07) is 23.6. The van der Waals surface area contributed by atoms with Gasteiger partial charge in [-0.3, -0.25) is 9.82 Å². The van der Waals surface area contributed by atoms with E-state index in [9.17, 15) is 0 Å². The van der Waals surface area contributed by atoms with Crippen LogP contribution in [0.1, 0.15) is 55.3 Å². The van der Waals surface area contributed by atoms with Crippen molar-refractivity contribution in [1.82, 2.24) is 4.98 Å². The van der Waals surface area contributed by atoms with Gasteiger partial charge in [0.05, 0.1) is 25.5 Å². The van der Waals surface area contributed by atoms with E-state index in [0.29, 0.717) is 18.6 Å². The Morgan fingerprint density at radius 3 is 2.23 bits per heavy atom. The number of pyridine rings is 1. The summed E-state index contributed by atoms with van der Waals surface area (Å²) in [4.78, 5) is 11.0. The second kappa shape index (κ2) is 10.5. The van der Waals surface area contributed by atoms with E-state index in [2.05, 4.69) is 71.6 Å². The molecular weight excluding hydrogens is 384 g/mol. The Kier molecular flexibility index (Phi) is 7.21. The van der Waals surface area contributed by atoms with Crippen molar-refractivity contribution in [3.8, 4) is 5.75 Å². The van der Waals surface area contributed by atoms with Gasteiger partial charge in [-0.2, -0.15) is 0 Å². The number of methoxy groups -OCH3 is 1. The minimum Gasteiger partial charge on any atom is -0.493 e. The van der Waals surface area contributed by atoms with Crippen molar-refractivity contribution in [2.45, 2.75) is 57.6 Å². The summed E-state index contributed by atoms with van der Waals surface area (Å²) in [5, 5.41) is 2.11. The van der Waals surface area contributed by atoms with Crippen LogP contribution >= 0.6 is 0 Å². The van der Waals surface area contributed by atoms with Crippen LogP contribution in [0, 0.1) is 0 Å². The van der Waals surface area contributed by atoms with Crippen LogP contribution in [-0.4, -0.2) is 18.1 Å². The van der Waals surface area contributed by atoms with E-state index in [1.54, 1.807) is 7.11 Å². The standard InChI is InChI=1S/C27H32N2O2/c1-3-25-27(30-2)26(18-19-28-25)29(31-20-21-10-6-4-7-11-21)24-16-14-23(15-17-24)22-12-8-5-9-13-22/h4-13,18-19,23-24H,3,14-17,20H2,1-2H3. The maximum absolute atomic E-state index is 6.46. The molecule has 0 unspecified atom stereocenters. The summed E-state index contributed by atoms with van der Waals surface area (Å²) < 4.78 is 5.80. The zero-order chi connectivity index (χ0) is 21.5. The number of benzene rings is 2. The number of anilines is 1. The molecule has 1 aliphatic rings. The van der Waals surface area contributed by atoms with Crippen molar-refractivity contribution >= 4 is 5.69 Å². The van der Waals surface area contributed by atoms with Crippen LogP contribution in [0.25, 0.3) is 0 Å². The molecule has 1 saturated carbocycles. The van der Waals surface area contributed by atoms with Gasteiger partial charge in [0.15, 0.2) is 5.75 Å². The van der Waals surface area contributed by atoms with Gasteiger partial charge in [-0.1, -0.05) is 67.6 Å². The number of aryl methyl sites for hydroxylation is 1. The van der Waals surface area contributed by atoms with Gasteiger partial charge in [-0.05, 0) is 55.2 Å². The molecule has 31 heavy (non-hydrogen) atoms. The van der Waals surface area contributed by atoms with Crippen molar-refractivity contribution in [1.29, 1.82) is 0 Å². The molecule has 0 aliphatic heterocycles. The lowest BCUT2D eigenvalue weighted by Gasteiger charge is -2.38. The SMILES string of the molecule is CCc1nccc(N(OCc2ccccc2)C2CCC(c3ccccc3)CC2)c1OC. The molecule has 0 radical (unpaired) electrons. The summed E-state index contributed by atoms with van der Waals surface area (Å²) in [5.41, 5.74) is 4.56. The average Bonchev–Trinajstić information content (AvgIpc) is 2.85. The maximum atomic E-state index is 6.46. The molecule has 4 nitrogen and oxygen atoms in total. The molecule has 0 bridgehead atoms. The lowest BCUT2D eigenvalue weighted by Crippen LogP contribution is -2.38. The van der Waals surface area contributed by atoms with Gasteiger partial charge in [-0.25, -0.2) is 5.06 Å². The van der Waals surface area contributed by atoms with Gasteiger partial charge in [-0.15, -0.1) is 0 Å². The number of aromatic nitrogens is 1. The molecule has 0 amide bonds. The normalized spacial score (nSPS) is 18.5. The van der Waals surface area contributed by atoms with Crippen LogP contribution in [0.4, 0.5) is 5.69 Å². The summed E-state index contributed by atoms with van der Waals surface area (Å²) in [6.45, 7) is 2.64. The van der Waals surface area contributed by atoms with E-state index in [4.69, 9.17) is 9.57 Å². The second-order valence-electron chi connectivity index (χ2n) is 8.16. The fraction of sp³-hybridized carbons (Fsp3) is 0.370. The highest BCUT2D eigenvalue weighted by Crippen LogP contribution is 2.39. The summed E-state index contributed by atoms with van der Waals surface area (Å²) in [6.07, 6.45) is 7.18. The van der Waals surface area contributed by atoms with Crippen molar-refractivity contribution in [2.24, 2.45) is 0 Å². The molecule has 1 heterocycles. The van der Waals surface area contributed by atoms with Gasteiger partial charge in [0, 0.05) is 6.20 Å². The number of hydrogen-bond acceptors (Lipinski definition) is 4. The summed E-state index contributed by atoms with van der Waals surface area (Å²) >= 11 is 0. The highest BCUT2D eigenvalue weighted by atomic mass is 16.7. The minimum atomic E-state index is 0.310. The predicted molar refractivity (Wildman–Crippen MR) is 125 cm³/mol. The van der Waals surface area contributed by atoms with Crippen LogP contribution in [0.3, 0.4) is 0 Å². The molecule has 162 valence electrons. The quantitative estimate of drug-likeness (QED) is 0.403. The van der Waals surface area contributed by atoms with E-state index in [1.807, 2.05) is 18.3 Å². The van der Waals surface area contributed by atoms with Gasteiger partial charge in [0.25, 0.3) is 0 Å². The lowest BCUT2D eigenvalue weighted by molar-refractivity contribution is 0.0613. The lowest BCUT2D eigenvalue weighted by atomic mass is 9.81. The van der Waals surface area contributed by atoms with E-state index in [0.717, 1.165) is 54.8 Å². The molecule has 0 atom stereocenters. The predicted octanol–water partition coefficient (Wildman–Crippen LogP) is 6.32. The van der Waals surface area contributed by atoms with E-state index in [-0.39, 0.29) is 0 Å². The van der Waals surface area contributed by atoms with Crippen LogP contribution < -0.4 is 9.80 Å². The topological polar surface area (TPSA) is 34.6 Å². The number of hydrogen-bond donors (Lipinski definition) is 0. The first-order chi connectivity index (χ1) is 15.3.